The van der Waals surface area contributed by atoms with Crippen LogP contribution in [0.25, 0.3) is 0 Å². The van der Waals surface area contributed by atoms with E-state index in [9.17, 15) is 4.79 Å². The van der Waals surface area contributed by atoms with Gasteiger partial charge in [0.1, 0.15) is 10.3 Å². The summed E-state index contributed by atoms with van der Waals surface area (Å²) in [6.45, 7) is 0. The molecule has 1 saturated heterocycles. The van der Waals surface area contributed by atoms with E-state index in [4.69, 9.17) is 4.74 Å². The lowest BCUT2D eigenvalue weighted by atomic mass is 10.1. The normalized spacial score (nSPS) is 17.1. The van der Waals surface area contributed by atoms with Gasteiger partial charge in [-0.05, 0) is 42.2 Å². The summed E-state index contributed by atoms with van der Waals surface area (Å²) in [5, 5.41) is 0. The second-order valence-corrected chi connectivity index (χ2v) is 6.24. The summed E-state index contributed by atoms with van der Waals surface area (Å²) >= 11 is 3.52. The van der Waals surface area contributed by atoms with Gasteiger partial charge in [0.05, 0.1) is 7.11 Å². The Kier molecular flexibility index (Phi) is 4.18. The number of hydrogen-bond donors (Lipinski definition) is 0. The summed E-state index contributed by atoms with van der Waals surface area (Å²) in [6, 6.07) is 7.37. The molecule has 0 unspecified atom stereocenters. The number of benzene rings is 1. The highest BCUT2D eigenvalue weighted by atomic mass is 32.2. The maximum Gasteiger partial charge on any atom is 0.185 e. The third-order valence-corrected chi connectivity index (χ3v) is 5.31. The lowest BCUT2D eigenvalue weighted by molar-refractivity contribution is 0.101. The van der Waals surface area contributed by atoms with E-state index in [1.165, 1.54) is 6.42 Å². The summed E-state index contributed by atoms with van der Waals surface area (Å²) in [7, 11) is 1.63. The van der Waals surface area contributed by atoms with Gasteiger partial charge in [0, 0.05) is 5.56 Å². The van der Waals surface area contributed by atoms with Crippen LogP contribution in [0.2, 0.25) is 0 Å². The molecule has 86 valence electrons. The number of ketones is 1. The van der Waals surface area contributed by atoms with E-state index in [1.54, 1.807) is 30.6 Å². The van der Waals surface area contributed by atoms with Gasteiger partial charge in [-0.3, -0.25) is 4.79 Å². The largest absolute Gasteiger partial charge is 0.497 e. The first-order chi connectivity index (χ1) is 7.81. The smallest absolute Gasteiger partial charge is 0.185 e. The first kappa shape index (κ1) is 11.9. The number of methoxy groups -OCH3 is 1. The minimum absolute atomic E-state index is 0.0853. The highest BCUT2D eigenvalue weighted by molar-refractivity contribution is 8.18. The summed E-state index contributed by atoms with van der Waals surface area (Å²) in [5.41, 5.74) is 0.785. The Balaban J connectivity index is 2.07. The first-order valence-corrected chi connectivity index (χ1v) is 7.32. The van der Waals surface area contributed by atoms with E-state index in [-0.39, 0.29) is 10.4 Å². The van der Waals surface area contributed by atoms with Crippen molar-refractivity contribution in [3.63, 3.8) is 0 Å². The lowest BCUT2D eigenvalue weighted by Crippen LogP contribution is -2.18. The number of hydrogen-bond acceptors (Lipinski definition) is 4. The van der Waals surface area contributed by atoms with E-state index in [0.717, 1.165) is 22.8 Å². The molecule has 2 rings (SSSR count). The minimum atomic E-state index is 0.0853. The Morgan fingerprint density at radius 3 is 2.44 bits per heavy atom. The summed E-state index contributed by atoms with van der Waals surface area (Å²) < 4.78 is 5.16. The van der Waals surface area contributed by atoms with E-state index in [0.29, 0.717) is 0 Å². The lowest BCUT2D eigenvalue weighted by Gasteiger charge is -2.19. The van der Waals surface area contributed by atoms with Gasteiger partial charge in [-0.2, -0.15) is 0 Å². The average Bonchev–Trinajstić information content (AvgIpc) is 2.39. The van der Waals surface area contributed by atoms with Crippen LogP contribution in [0, 0.1) is 0 Å². The maximum absolute atomic E-state index is 12.1. The molecule has 2 nitrogen and oxygen atoms in total. The van der Waals surface area contributed by atoms with Gasteiger partial charge in [0.15, 0.2) is 5.78 Å². The first-order valence-electron chi connectivity index (χ1n) is 5.23. The van der Waals surface area contributed by atoms with Crippen molar-refractivity contribution in [1.29, 1.82) is 0 Å². The highest BCUT2D eigenvalue weighted by Gasteiger charge is 2.23. The molecule has 0 aromatic heterocycles. The maximum atomic E-state index is 12.1. The minimum Gasteiger partial charge on any atom is -0.497 e. The van der Waals surface area contributed by atoms with Crippen molar-refractivity contribution in [2.75, 3.05) is 18.6 Å². The van der Waals surface area contributed by atoms with Crippen molar-refractivity contribution in [2.45, 2.75) is 11.0 Å². The van der Waals surface area contributed by atoms with Crippen molar-refractivity contribution in [2.24, 2.45) is 0 Å². The second kappa shape index (κ2) is 5.64. The van der Waals surface area contributed by atoms with Crippen LogP contribution in [0.3, 0.4) is 0 Å². The quantitative estimate of drug-likeness (QED) is 0.774. The number of Topliss-reactive ketones (excluding diaryl/α,β-unsaturated/α-hetero) is 1. The standard InChI is InChI=1S/C12H14O2S2/c1-14-10-5-3-9(4-6-10)11(13)12-15-7-2-8-16-12/h3-6,12H,2,7-8H2,1H3. The molecule has 1 aromatic rings. The van der Waals surface area contributed by atoms with E-state index in [1.807, 2.05) is 24.3 Å². The molecule has 1 aromatic carbocycles. The molecule has 1 heterocycles. The zero-order valence-electron chi connectivity index (χ0n) is 9.14. The van der Waals surface area contributed by atoms with Gasteiger partial charge in [-0.15, -0.1) is 23.5 Å². The Morgan fingerprint density at radius 1 is 1.25 bits per heavy atom. The Hall–Kier alpha value is -0.610. The van der Waals surface area contributed by atoms with Crippen LogP contribution in [0.15, 0.2) is 24.3 Å². The van der Waals surface area contributed by atoms with Crippen molar-refractivity contribution >= 4 is 29.3 Å². The van der Waals surface area contributed by atoms with Crippen molar-refractivity contribution < 1.29 is 9.53 Å². The van der Waals surface area contributed by atoms with Gasteiger partial charge in [-0.25, -0.2) is 0 Å². The topological polar surface area (TPSA) is 26.3 Å². The van der Waals surface area contributed by atoms with E-state index < -0.39 is 0 Å². The average molecular weight is 254 g/mol. The van der Waals surface area contributed by atoms with Gasteiger partial charge in [0.25, 0.3) is 0 Å². The van der Waals surface area contributed by atoms with Gasteiger partial charge in [-0.1, -0.05) is 0 Å². The number of thioether (sulfide) groups is 2. The molecule has 0 aliphatic carbocycles. The molecule has 4 heteroatoms. The molecule has 0 radical (unpaired) electrons. The van der Waals surface area contributed by atoms with Crippen LogP contribution in [-0.4, -0.2) is 29.0 Å². The monoisotopic (exact) mass is 254 g/mol. The third-order valence-electron chi connectivity index (χ3n) is 2.42. The molecular weight excluding hydrogens is 240 g/mol. The number of rotatable bonds is 3. The van der Waals surface area contributed by atoms with Gasteiger partial charge in [0.2, 0.25) is 0 Å². The van der Waals surface area contributed by atoms with Crippen molar-refractivity contribution in [1.82, 2.24) is 0 Å². The van der Waals surface area contributed by atoms with Crippen LogP contribution in [0.5, 0.6) is 5.75 Å². The summed E-state index contributed by atoms with van der Waals surface area (Å²) in [5.74, 6) is 3.22. The molecule has 0 spiro atoms. The molecule has 0 N–H and O–H groups in total. The predicted octanol–water partition coefficient (Wildman–Crippen LogP) is 3.07. The molecular formula is C12H14O2S2. The van der Waals surface area contributed by atoms with Crippen LogP contribution in [0.1, 0.15) is 16.8 Å². The van der Waals surface area contributed by atoms with Crippen LogP contribution in [-0.2, 0) is 0 Å². The zero-order valence-corrected chi connectivity index (χ0v) is 10.8. The molecule has 0 saturated carbocycles. The molecule has 16 heavy (non-hydrogen) atoms. The van der Waals surface area contributed by atoms with E-state index >= 15 is 0 Å². The van der Waals surface area contributed by atoms with Crippen LogP contribution in [0.4, 0.5) is 0 Å². The highest BCUT2D eigenvalue weighted by Crippen LogP contribution is 2.33. The molecule has 1 fully saturated rings. The predicted molar refractivity (Wildman–Crippen MR) is 70.6 cm³/mol. The SMILES string of the molecule is COc1ccc(C(=O)C2SCCCS2)cc1. The van der Waals surface area contributed by atoms with Crippen LogP contribution >= 0.6 is 23.5 Å². The zero-order chi connectivity index (χ0) is 11.4. The number of carbonyl (C=O) groups is 1. The summed E-state index contributed by atoms with van der Waals surface area (Å²) in [4.78, 5) is 12.1. The molecule has 0 bridgehead atoms. The molecule has 1 aliphatic rings. The van der Waals surface area contributed by atoms with Crippen molar-refractivity contribution in [3.8, 4) is 5.75 Å². The fourth-order valence-electron chi connectivity index (χ4n) is 1.53. The van der Waals surface area contributed by atoms with E-state index in [2.05, 4.69) is 0 Å². The molecule has 0 atom stereocenters. The Bertz CT molecular complexity index is 356. The number of carbonyl (C=O) groups excluding carboxylic acids is 1. The second-order valence-electron chi connectivity index (χ2n) is 3.52. The van der Waals surface area contributed by atoms with Gasteiger partial charge < -0.3 is 4.74 Å². The third kappa shape index (κ3) is 2.74. The Morgan fingerprint density at radius 2 is 1.88 bits per heavy atom. The van der Waals surface area contributed by atoms with Gasteiger partial charge >= 0.3 is 0 Å². The Labute approximate surface area is 104 Å². The van der Waals surface area contributed by atoms with Crippen molar-refractivity contribution in [3.05, 3.63) is 29.8 Å². The fourth-order valence-corrected chi connectivity index (χ4v) is 4.30. The fraction of sp³-hybridized carbons (Fsp3) is 0.417. The summed E-state index contributed by atoms with van der Waals surface area (Å²) in [6.07, 6.45) is 1.21. The number of ether oxygens (including phenoxy) is 1. The molecule has 0 amide bonds. The molecule has 1 aliphatic heterocycles. The van der Waals surface area contributed by atoms with Crippen LogP contribution < -0.4 is 4.74 Å².